The van der Waals surface area contributed by atoms with E-state index in [-0.39, 0.29) is 36.1 Å². The molecule has 1 amide bonds. The second-order valence-corrected chi connectivity index (χ2v) is 11.1. The predicted octanol–water partition coefficient (Wildman–Crippen LogP) is 2.84. The summed E-state index contributed by atoms with van der Waals surface area (Å²) in [6.07, 6.45) is 2.51. The number of Topliss-reactive ketones (excluding diaryl/α,β-unsaturated/α-hetero) is 2. The van der Waals surface area contributed by atoms with Gasteiger partial charge >= 0.3 is 0 Å². The van der Waals surface area contributed by atoms with Crippen molar-refractivity contribution in [3.05, 3.63) is 75.8 Å². The lowest BCUT2D eigenvalue weighted by Gasteiger charge is -2.45. The molecule has 0 spiro atoms. The molecule has 39 heavy (non-hydrogen) atoms. The highest BCUT2D eigenvalue weighted by Crippen LogP contribution is 2.52. The van der Waals surface area contributed by atoms with Crippen molar-refractivity contribution in [2.45, 2.75) is 44.2 Å². The largest absolute Gasteiger partial charge is 0.511 e. The van der Waals surface area contributed by atoms with E-state index in [1.807, 2.05) is 12.1 Å². The molecule has 9 nitrogen and oxygen atoms in total. The van der Waals surface area contributed by atoms with Gasteiger partial charge < -0.3 is 26.2 Å². The number of aliphatic hydroxyl groups excluding tert-OH is 2. The Morgan fingerprint density at radius 3 is 2.51 bits per heavy atom. The van der Waals surface area contributed by atoms with Crippen molar-refractivity contribution in [3.63, 3.8) is 0 Å². The minimum atomic E-state index is -2.56. The molecule has 3 atom stereocenters. The number of aromatic hydroxyl groups is 1. The van der Waals surface area contributed by atoms with Gasteiger partial charge in [-0.1, -0.05) is 24.3 Å². The number of benzene rings is 2. The van der Waals surface area contributed by atoms with Crippen molar-refractivity contribution >= 4 is 17.5 Å². The predicted molar refractivity (Wildman–Crippen MR) is 141 cm³/mol. The quantitative estimate of drug-likeness (QED) is 0.377. The summed E-state index contributed by atoms with van der Waals surface area (Å²) >= 11 is 0. The summed E-state index contributed by atoms with van der Waals surface area (Å²) in [5.74, 6) is -6.28. The molecule has 3 aliphatic carbocycles. The summed E-state index contributed by atoms with van der Waals surface area (Å²) in [5.41, 5.74) is 5.25. The number of phenolic OH excluding ortho intramolecular Hbond substituents is 1. The minimum absolute atomic E-state index is 0.0223. The van der Waals surface area contributed by atoms with Crippen molar-refractivity contribution < 1.29 is 34.8 Å². The highest BCUT2D eigenvalue weighted by Gasteiger charge is 2.59. The number of fused-ring (bicyclic) bond motifs is 3. The van der Waals surface area contributed by atoms with E-state index in [9.17, 15) is 34.8 Å². The van der Waals surface area contributed by atoms with Gasteiger partial charge in [-0.15, -0.1) is 0 Å². The third kappa shape index (κ3) is 3.79. The van der Waals surface area contributed by atoms with Crippen LogP contribution in [0.3, 0.4) is 0 Å². The molecule has 4 aliphatic rings. The van der Waals surface area contributed by atoms with Crippen LogP contribution in [0.2, 0.25) is 0 Å². The molecular weight excluding hydrogens is 500 g/mol. The lowest BCUT2D eigenvalue weighted by molar-refractivity contribution is -0.144. The molecule has 1 fully saturated rings. The number of hydrogen-bond acceptors (Lipinski definition) is 8. The summed E-state index contributed by atoms with van der Waals surface area (Å²) in [4.78, 5) is 41.1. The highest BCUT2D eigenvalue weighted by molar-refractivity contribution is 6.24. The summed E-state index contributed by atoms with van der Waals surface area (Å²) < 4.78 is 0. The molecule has 0 radical (unpaired) electrons. The van der Waals surface area contributed by atoms with Gasteiger partial charge in [-0.25, -0.2) is 0 Å². The van der Waals surface area contributed by atoms with E-state index in [0.717, 1.165) is 36.3 Å². The Kier molecular flexibility index (Phi) is 5.89. The van der Waals surface area contributed by atoms with Gasteiger partial charge in [-0.3, -0.25) is 19.3 Å². The molecular formula is C30H30N2O7. The van der Waals surface area contributed by atoms with Gasteiger partial charge in [0.15, 0.2) is 11.4 Å². The van der Waals surface area contributed by atoms with Crippen LogP contribution in [0, 0.1) is 11.8 Å². The number of hydrogen-bond donors (Lipinski definition) is 5. The molecule has 202 valence electrons. The van der Waals surface area contributed by atoms with Crippen LogP contribution in [0.5, 0.6) is 5.75 Å². The number of rotatable bonds is 4. The van der Waals surface area contributed by atoms with Crippen molar-refractivity contribution in [3.8, 4) is 16.9 Å². The fourth-order valence-electron chi connectivity index (χ4n) is 6.93. The number of nitrogens with zero attached hydrogens (tertiary/aromatic N) is 1. The van der Waals surface area contributed by atoms with Crippen LogP contribution in [-0.4, -0.2) is 61.5 Å². The van der Waals surface area contributed by atoms with Gasteiger partial charge in [-0.05, 0) is 79.1 Å². The first-order chi connectivity index (χ1) is 18.6. The van der Waals surface area contributed by atoms with E-state index in [1.54, 1.807) is 6.07 Å². The standard InChI is InChI=1S/C30H30N2O7/c31-29(38)25-22(34)13-18-11-17-12-20-19(16-5-3-4-15(10-16)14-32-8-1-2-9-32)6-7-21(33)24(20)26(35)23(17)27(36)30(18,39)28(25)37/h3-7,10,17-18,33-34,36,39H,1-2,8-9,11-14H2,(H2,31,38)/t17-,18+,30+/m1/s1. The normalized spacial score (nSPS) is 26.9. The monoisotopic (exact) mass is 530 g/mol. The molecule has 1 heterocycles. The van der Waals surface area contributed by atoms with E-state index in [1.165, 1.54) is 18.9 Å². The van der Waals surface area contributed by atoms with Crippen LogP contribution in [0.4, 0.5) is 0 Å². The molecule has 0 aromatic heterocycles. The van der Waals surface area contributed by atoms with Gasteiger partial charge in [0.2, 0.25) is 5.78 Å². The molecule has 0 unspecified atom stereocenters. The number of phenols is 1. The minimum Gasteiger partial charge on any atom is -0.511 e. The Labute approximate surface area is 224 Å². The topological polar surface area (TPSA) is 161 Å². The average Bonchev–Trinajstić information content (AvgIpc) is 3.39. The number of nitrogens with two attached hydrogens (primary N) is 1. The SMILES string of the molecule is NC(=O)C1=C(O)C[C@@H]2C[C@@H]3Cc4c(-c5cccc(CN6CCCC6)c5)ccc(O)c4C(=O)C3=C(O)[C@]2(O)C1=O. The number of likely N-dealkylation sites (tertiary alicyclic amines) is 1. The zero-order valence-electron chi connectivity index (χ0n) is 21.3. The maximum absolute atomic E-state index is 13.8. The molecule has 1 aliphatic heterocycles. The summed E-state index contributed by atoms with van der Waals surface area (Å²) in [6, 6.07) is 11.3. The number of carbonyl (C=O) groups excluding carboxylic acids is 3. The van der Waals surface area contributed by atoms with Gasteiger partial charge in [-0.2, -0.15) is 0 Å². The zero-order chi connectivity index (χ0) is 27.6. The molecule has 6 N–H and O–H groups in total. The van der Waals surface area contributed by atoms with E-state index in [0.29, 0.717) is 5.56 Å². The Morgan fingerprint density at radius 2 is 1.79 bits per heavy atom. The highest BCUT2D eigenvalue weighted by atomic mass is 16.3. The number of primary amides is 1. The molecule has 0 saturated carbocycles. The third-order valence-electron chi connectivity index (χ3n) is 8.79. The first-order valence-electron chi connectivity index (χ1n) is 13.2. The van der Waals surface area contributed by atoms with Gasteiger partial charge in [0.1, 0.15) is 22.8 Å². The second kappa shape index (κ2) is 9.07. The molecule has 6 rings (SSSR count). The maximum atomic E-state index is 13.8. The molecule has 9 heteroatoms. The number of allylic oxidation sites excluding steroid dienone is 2. The summed E-state index contributed by atoms with van der Waals surface area (Å²) in [6.45, 7) is 2.96. The zero-order valence-corrected chi connectivity index (χ0v) is 21.3. The van der Waals surface area contributed by atoms with E-state index >= 15 is 0 Å². The van der Waals surface area contributed by atoms with E-state index in [2.05, 4.69) is 17.0 Å². The summed E-state index contributed by atoms with van der Waals surface area (Å²) in [5, 5.41) is 43.7. The molecule has 2 aromatic carbocycles. The Morgan fingerprint density at radius 1 is 1.05 bits per heavy atom. The Balaban J connectivity index is 1.43. The molecule has 2 aromatic rings. The third-order valence-corrected chi connectivity index (χ3v) is 8.79. The number of amides is 1. The molecule has 0 bridgehead atoms. The summed E-state index contributed by atoms with van der Waals surface area (Å²) in [7, 11) is 0. The van der Waals surface area contributed by atoms with Crippen molar-refractivity contribution in [2.24, 2.45) is 17.6 Å². The fourth-order valence-corrected chi connectivity index (χ4v) is 6.93. The van der Waals surface area contributed by atoms with Crippen LogP contribution in [0.1, 0.15) is 47.2 Å². The van der Waals surface area contributed by atoms with E-state index in [4.69, 9.17) is 5.73 Å². The van der Waals surface area contributed by atoms with Crippen LogP contribution < -0.4 is 5.73 Å². The van der Waals surface area contributed by atoms with Crippen LogP contribution in [-0.2, 0) is 22.6 Å². The lowest BCUT2D eigenvalue weighted by atomic mass is 9.60. The van der Waals surface area contributed by atoms with Crippen molar-refractivity contribution in [1.29, 1.82) is 0 Å². The molecule has 1 saturated heterocycles. The van der Waals surface area contributed by atoms with E-state index < -0.39 is 52.0 Å². The smallest absolute Gasteiger partial charge is 0.255 e. The average molecular weight is 531 g/mol. The van der Waals surface area contributed by atoms with Crippen LogP contribution in [0.15, 0.2) is 59.1 Å². The van der Waals surface area contributed by atoms with Gasteiger partial charge in [0, 0.05) is 24.5 Å². The first-order valence-corrected chi connectivity index (χ1v) is 13.2. The fraction of sp³-hybridized carbons (Fsp3) is 0.367. The van der Waals surface area contributed by atoms with Crippen LogP contribution in [0.25, 0.3) is 11.1 Å². The number of ketones is 2. The number of carbonyl (C=O) groups is 3. The van der Waals surface area contributed by atoms with Crippen molar-refractivity contribution in [2.75, 3.05) is 13.1 Å². The van der Waals surface area contributed by atoms with Gasteiger partial charge in [0.25, 0.3) is 5.91 Å². The Bertz CT molecular complexity index is 1500. The maximum Gasteiger partial charge on any atom is 0.255 e. The second-order valence-electron chi connectivity index (χ2n) is 11.1. The Hall–Kier alpha value is -3.95. The van der Waals surface area contributed by atoms with Crippen molar-refractivity contribution in [1.82, 2.24) is 4.90 Å². The number of aliphatic hydroxyl groups is 3. The van der Waals surface area contributed by atoms with Gasteiger partial charge in [0.05, 0.1) is 5.56 Å². The first kappa shape index (κ1) is 25.3. The van der Waals surface area contributed by atoms with Crippen LogP contribution >= 0.6 is 0 Å². The lowest BCUT2D eigenvalue weighted by Crippen LogP contribution is -2.57.